The van der Waals surface area contributed by atoms with Crippen molar-refractivity contribution < 1.29 is 24.0 Å². The second-order valence-electron chi connectivity index (χ2n) is 7.10. The molecule has 0 aromatic heterocycles. The lowest BCUT2D eigenvalue weighted by atomic mass is 9.95. The number of hydrogen-bond donors (Lipinski definition) is 1. The van der Waals surface area contributed by atoms with Crippen LogP contribution in [0.5, 0.6) is 0 Å². The van der Waals surface area contributed by atoms with Gasteiger partial charge in [0.05, 0.1) is 32.2 Å². The number of amides is 1. The molecule has 0 radical (unpaired) electrons. The molecule has 1 aliphatic rings. The van der Waals surface area contributed by atoms with Gasteiger partial charge in [0.25, 0.3) is 5.91 Å². The third-order valence-corrected chi connectivity index (χ3v) is 5.46. The summed E-state index contributed by atoms with van der Waals surface area (Å²) in [5, 5.41) is 13.1. The first-order valence-corrected chi connectivity index (χ1v) is 9.88. The Bertz CT molecular complexity index is 905. The predicted octanol–water partition coefficient (Wildman–Crippen LogP) is 0.974. The minimum absolute atomic E-state index is 0.0673. The van der Waals surface area contributed by atoms with Crippen molar-refractivity contribution in [2.24, 2.45) is 0 Å². The number of hydrogen-bond acceptors (Lipinski definition) is 3. The third-order valence-electron chi connectivity index (χ3n) is 5.46. The topological polar surface area (TPSA) is 64.9 Å². The Morgan fingerprint density at radius 2 is 1.66 bits per heavy atom. The smallest absolute Gasteiger partial charge is 0.295 e. The van der Waals surface area contributed by atoms with Gasteiger partial charge in [-0.1, -0.05) is 48.2 Å². The first-order valence-electron chi connectivity index (χ1n) is 9.88. The molecular weight excluding hydrogens is 371 g/mol. The molecule has 152 valence electrons. The molecule has 6 heteroatoms. The van der Waals surface area contributed by atoms with E-state index in [0.717, 1.165) is 13.1 Å². The highest BCUT2D eigenvalue weighted by Crippen LogP contribution is 2.38. The standard InChI is InChI=1S/C23H25FN2O3/c1-3-25(4-2)14-15-26-20(16-10-12-18(24)13-11-16)19(22(28)23(26)29)21(27)17-8-6-5-7-9-17/h5-13,20,27H,3-4,14-15H2,1-2H3/b21-19+. The van der Waals surface area contributed by atoms with Crippen LogP contribution in [0.1, 0.15) is 31.0 Å². The van der Waals surface area contributed by atoms with Crippen LogP contribution in [0, 0.1) is 5.82 Å². The first-order chi connectivity index (χ1) is 14.0. The van der Waals surface area contributed by atoms with Gasteiger partial charge in [0.1, 0.15) is 5.82 Å². The largest absolute Gasteiger partial charge is 0.872 e. The predicted molar refractivity (Wildman–Crippen MR) is 106 cm³/mol. The van der Waals surface area contributed by atoms with Gasteiger partial charge in [0, 0.05) is 5.57 Å². The van der Waals surface area contributed by atoms with Crippen molar-refractivity contribution in [3.05, 3.63) is 77.1 Å². The lowest BCUT2D eigenvalue weighted by Gasteiger charge is -2.28. The maximum atomic E-state index is 13.5. The Morgan fingerprint density at radius 1 is 1.03 bits per heavy atom. The van der Waals surface area contributed by atoms with Crippen molar-refractivity contribution in [3.8, 4) is 0 Å². The number of benzene rings is 2. The number of halogens is 1. The monoisotopic (exact) mass is 396 g/mol. The molecule has 0 spiro atoms. The number of ketones is 1. The van der Waals surface area contributed by atoms with E-state index in [1.807, 2.05) is 0 Å². The molecule has 1 amide bonds. The number of nitrogens with zero attached hydrogens (tertiary/aromatic N) is 1. The molecule has 5 nitrogen and oxygen atoms in total. The summed E-state index contributed by atoms with van der Waals surface area (Å²) in [6.07, 6.45) is 0. The van der Waals surface area contributed by atoms with Crippen LogP contribution in [0.15, 0.2) is 60.2 Å². The van der Waals surface area contributed by atoms with Gasteiger partial charge in [-0.3, -0.25) is 9.59 Å². The Kier molecular flexibility index (Phi) is 6.44. The summed E-state index contributed by atoms with van der Waals surface area (Å²) >= 11 is 0. The first kappa shape index (κ1) is 20.7. The van der Waals surface area contributed by atoms with Gasteiger partial charge >= 0.3 is 0 Å². The lowest BCUT2D eigenvalue weighted by molar-refractivity contribution is -0.895. The molecule has 1 atom stereocenters. The minimum Gasteiger partial charge on any atom is -0.872 e. The van der Waals surface area contributed by atoms with Crippen molar-refractivity contribution in [3.63, 3.8) is 0 Å². The van der Waals surface area contributed by atoms with Gasteiger partial charge in [0.2, 0.25) is 5.78 Å². The molecule has 2 aromatic carbocycles. The van der Waals surface area contributed by atoms with Crippen molar-refractivity contribution in [2.45, 2.75) is 19.9 Å². The van der Waals surface area contributed by atoms with Gasteiger partial charge < -0.3 is 14.9 Å². The molecule has 3 rings (SSSR count). The maximum absolute atomic E-state index is 13.5. The van der Waals surface area contributed by atoms with Gasteiger partial charge in [-0.25, -0.2) is 4.39 Å². The average Bonchev–Trinajstić information content (AvgIpc) is 3.00. The normalized spacial score (nSPS) is 18.6. The average molecular weight is 396 g/mol. The van der Waals surface area contributed by atoms with E-state index in [-0.39, 0.29) is 5.57 Å². The van der Waals surface area contributed by atoms with E-state index in [0.29, 0.717) is 24.2 Å². The molecule has 1 aliphatic heterocycles. The Morgan fingerprint density at radius 3 is 2.24 bits per heavy atom. The van der Waals surface area contributed by atoms with E-state index in [1.165, 1.54) is 34.1 Å². The minimum atomic E-state index is -0.807. The fraction of sp³-hybridized carbons (Fsp3) is 0.304. The van der Waals surface area contributed by atoms with Crippen LogP contribution < -0.4 is 10.0 Å². The molecule has 0 saturated carbocycles. The number of quaternary nitrogens is 1. The second kappa shape index (κ2) is 9.01. The summed E-state index contributed by atoms with van der Waals surface area (Å²) in [5.41, 5.74) is 0.841. The van der Waals surface area contributed by atoms with Crippen molar-refractivity contribution in [2.75, 3.05) is 26.2 Å². The van der Waals surface area contributed by atoms with Crippen LogP contribution in [0.4, 0.5) is 4.39 Å². The van der Waals surface area contributed by atoms with Crippen molar-refractivity contribution in [1.82, 2.24) is 4.90 Å². The Labute approximate surface area is 170 Å². The van der Waals surface area contributed by atoms with Gasteiger partial charge in [0.15, 0.2) is 0 Å². The summed E-state index contributed by atoms with van der Waals surface area (Å²) in [4.78, 5) is 28.4. The fourth-order valence-electron chi connectivity index (χ4n) is 3.72. The molecule has 1 fully saturated rings. The summed E-state index contributed by atoms with van der Waals surface area (Å²) in [7, 11) is 0. The van der Waals surface area contributed by atoms with Crippen LogP contribution in [0.2, 0.25) is 0 Å². The summed E-state index contributed by atoms with van der Waals surface area (Å²) in [5.74, 6) is -2.33. The number of rotatable bonds is 7. The van der Waals surface area contributed by atoms with Crippen molar-refractivity contribution >= 4 is 17.4 Å². The Hall–Kier alpha value is -2.99. The zero-order chi connectivity index (χ0) is 21.0. The number of nitrogens with one attached hydrogen (secondary N) is 1. The number of Topliss-reactive ketones (excluding diaryl/α,β-unsaturated/α-hetero) is 1. The highest BCUT2D eigenvalue weighted by molar-refractivity contribution is 6.46. The molecule has 0 bridgehead atoms. The number of carbonyl (C=O) groups is 2. The highest BCUT2D eigenvalue weighted by Gasteiger charge is 2.44. The van der Waals surface area contributed by atoms with E-state index in [9.17, 15) is 19.1 Å². The van der Waals surface area contributed by atoms with Crippen LogP contribution in [0.25, 0.3) is 5.76 Å². The molecule has 1 heterocycles. The van der Waals surface area contributed by atoms with Crippen LogP contribution >= 0.6 is 0 Å². The summed E-state index contributed by atoms with van der Waals surface area (Å²) in [6, 6.07) is 13.3. The number of likely N-dealkylation sites (tertiary alicyclic amines) is 1. The third kappa shape index (κ3) is 4.22. The fourth-order valence-corrected chi connectivity index (χ4v) is 3.72. The maximum Gasteiger partial charge on any atom is 0.295 e. The van der Waals surface area contributed by atoms with Gasteiger partial charge in [-0.15, -0.1) is 0 Å². The van der Waals surface area contributed by atoms with Gasteiger partial charge in [-0.05, 0) is 37.1 Å². The van der Waals surface area contributed by atoms with Crippen LogP contribution in [-0.2, 0) is 9.59 Å². The SMILES string of the molecule is CC[NH+](CC)CCN1C(=O)C(=O)/C(=C(/[O-])c2ccccc2)C1c1ccc(F)cc1. The van der Waals surface area contributed by atoms with Crippen LogP contribution in [0.3, 0.4) is 0 Å². The highest BCUT2D eigenvalue weighted by atomic mass is 19.1. The number of likely N-dealkylation sites (N-methyl/N-ethyl adjacent to an activating group) is 1. The molecule has 2 aromatic rings. The zero-order valence-corrected chi connectivity index (χ0v) is 16.7. The molecule has 1 N–H and O–H groups in total. The molecule has 29 heavy (non-hydrogen) atoms. The van der Waals surface area contributed by atoms with E-state index >= 15 is 0 Å². The molecule has 1 saturated heterocycles. The van der Waals surface area contributed by atoms with E-state index in [1.54, 1.807) is 30.3 Å². The van der Waals surface area contributed by atoms with Crippen molar-refractivity contribution in [1.29, 1.82) is 0 Å². The quantitative estimate of drug-likeness (QED) is 0.431. The summed E-state index contributed by atoms with van der Waals surface area (Å²) < 4.78 is 13.5. The van der Waals surface area contributed by atoms with Crippen LogP contribution in [-0.4, -0.2) is 42.8 Å². The second-order valence-corrected chi connectivity index (χ2v) is 7.10. The molecular formula is C23H25FN2O3. The van der Waals surface area contributed by atoms with E-state index in [4.69, 9.17) is 0 Å². The zero-order valence-electron chi connectivity index (χ0n) is 16.7. The summed E-state index contributed by atoms with van der Waals surface area (Å²) in [6.45, 7) is 6.92. The van der Waals surface area contributed by atoms with E-state index in [2.05, 4.69) is 13.8 Å². The van der Waals surface area contributed by atoms with Gasteiger partial charge in [-0.2, -0.15) is 0 Å². The lowest BCUT2D eigenvalue weighted by Crippen LogP contribution is -3.12. The number of carbonyl (C=O) groups excluding carboxylic acids is 2. The molecule has 0 aliphatic carbocycles. The Balaban J connectivity index is 2.07. The van der Waals surface area contributed by atoms with E-state index < -0.39 is 29.3 Å². The molecule has 1 unspecified atom stereocenters.